The molecule has 0 fully saturated rings. The van der Waals surface area contributed by atoms with E-state index < -0.39 is 0 Å². The summed E-state index contributed by atoms with van der Waals surface area (Å²) in [5.41, 5.74) is 6.38. The zero-order chi connectivity index (χ0) is 9.80. The minimum atomic E-state index is 0.474. The lowest BCUT2D eigenvalue weighted by molar-refractivity contribution is 0.653. The van der Waals surface area contributed by atoms with Crippen molar-refractivity contribution in [1.29, 1.82) is 0 Å². The summed E-state index contributed by atoms with van der Waals surface area (Å²) >= 11 is 0. The Morgan fingerprint density at radius 2 is 2.07 bits per heavy atom. The van der Waals surface area contributed by atoms with Gasteiger partial charge in [-0.15, -0.1) is 0 Å². The van der Waals surface area contributed by atoms with E-state index >= 15 is 0 Å². The van der Waals surface area contributed by atoms with Crippen molar-refractivity contribution in [2.24, 2.45) is 5.73 Å². The van der Waals surface area contributed by atoms with Crippen LogP contribution in [0, 0.1) is 0 Å². The maximum absolute atomic E-state index is 5.44. The summed E-state index contributed by atoms with van der Waals surface area (Å²) < 4.78 is 1.78. The first kappa shape index (κ1) is 8.83. The van der Waals surface area contributed by atoms with Gasteiger partial charge in [-0.05, 0) is 6.07 Å². The average Bonchev–Trinajstić information content (AvgIpc) is 2.72. The number of rotatable bonds is 3. The molecule has 72 valence electrons. The van der Waals surface area contributed by atoms with Crippen molar-refractivity contribution in [2.45, 2.75) is 13.1 Å². The second kappa shape index (κ2) is 3.97. The normalized spacial score (nSPS) is 10.4. The molecule has 5 nitrogen and oxygen atoms in total. The molecule has 0 aliphatic carbocycles. The molecule has 5 heteroatoms. The van der Waals surface area contributed by atoms with Gasteiger partial charge in [0.1, 0.15) is 12.4 Å². The van der Waals surface area contributed by atoms with Crippen molar-refractivity contribution in [3.05, 3.63) is 42.2 Å². The van der Waals surface area contributed by atoms with Crippen LogP contribution >= 0.6 is 0 Å². The van der Waals surface area contributed by atoms with E-state index in [1.54, 1.807) is 23.3 Å². The highest BCUT2D eigenvalue weighted by atomic mass is 15.3. The second-order valence-corrected chi connectivity index (χ2v) is 2.92. The topological polar surface area (TPSA) is 69.6 Å². The van der Waals surface area contributed by atoms with Gasteiger partial charge in [0.2, 0.25) is 0 Å². The highest BCUT2D eigenvalue weighted by molar-refractivity contribution is 5.04. The van der Waals surface area contributed by atoms with Crippen LogP contribution in [0.2, 0.25) is 0 Å². The van der Waals surface area contributed by atoms with Gasteiger partial charge in [0.15, 0.2) is 0 Å². The van der Waals surface area contributed by atoms with Crippen LogP contribution in [0.4, 0.5) is 0 Å². The molecule has 2 N–H and O–H groups in total. The van der Waals surface area contributed by atoms with Gasteiger partial charge >= 0.3 is 0 Å². The van der Waals surface area contributed by atoms with Crippen LogP contribution in [0.25, 0.3) is 0 Å². The first-order chi connectivity index (χ1) is 6.88. The standard InChI is InChI=1S/C9H11N5/c10-4-8-5-11-9(12-6-8)7-14-3-1-2-13-14/h1-3,5-6H,4,7,10H2. The van der Waals surface area contributed by atoms with Crippen LogP contribution in [0.15, 0.2) is 30.9 Å². The fourth-order valence-electron chi connectivity index (χ4n) is 1.11. The molecule has 2 rings (SSSR count). The predicted molar refractivity (Wildman–Crippen MR) is 51.3 cm³/mol. The minimum absolute atomic E-state index is 0.474. The number of aromatic nitrogens is 4. The van der Waals surface area contributed by atoms with Crippen LogP contribution in [-0.2, 0) is 13.1 Å². The lowest BCUT2D eigenvalue weighted by atomic mass is 10.3. The molecule has 0 unspecified atom stereocenters. The molecule has 0 amide bonds. The molecule has 0 spiro atoms. The Balaban J connectivity index is 2.10. The zero-order valence-electron chi connectivity index (χ0n) is 7.67. The van der Waals surface area contributed by atoms with Crippen molar-refractivity contribution in [3.63, 3.8) is 0 Å². The van der Waals surface area contributed by atoms with Gasteiger partial charge in [-0.1, -0.05) is 0 Å². The van der Waals surface area contributed by atoms with E-state index in [2.05, 4.69) is 15.1 Å². The number of hydrogen-bond donors (Lipinski definition) is 1. The van der Waals surface area contributed by atoms with Gasteiger partial charge < -0.3 is 5.73 Å². The summed E-state index contributed by atoms with van der Waals surface area (Å²) in [5.74, 6) is 0.742. The Morgan fingerprint density at radius 3 is 2.64 bits per heavy atom. The van der Waals surface area contributed by atoms with E-state index in [1.807, 2.05) is 12.3 Å². The van der Waals surface area contributed by atoms with Crippen molar-refractivity contribution >= 4 is 0 Å². The summed E-state index contributed by atoms with van der Waals surface area (Å²) in [5, 5.41) is 4.07. The van der Waals surface area contributed by atoms with Gasteiger partial charge in [0.05, 0.1) is 0 Å². The van der Waals surface area contributed by atoms with Crippen LogP contribution < -0.4 is 5.73 Å². The van der Waals surface area contributed by atoms with Crippen molar-refractivity contribution < 1.29 is 0 Å². The molecule has 2 heterocycles. The molecule has 2 aromatic rings. The molecular formula is C9H11N5. The lowest BCUT2D eigenvalue weighted by Crippen LogP contribution is -2.06. The van der Waals surface area contributed by atoms with Gasteiger partial charge in [-0.3, -0.25) is 4.68 Å². The molecule has 0 saturated heterocycles. The van der Waals surface area contributed by atoms with Crippen LogP contribution in [0.3, 0.4) is 0 Å². The minimum Gasteiger partial charge on any atom is -0.326 e. The average molecular weight is 189 g/mol. The first-order valence-corrected chi connectivity index (χ1v) is 4.36. The Hall–Kier alpha value is -1.75. The van der Waals surface area contributed by atoms with E-state index in [0.717, 1.165) is 11.4 Å². The fraction of sp³-hybridized carbons (Fsp3) is 0.222. The Labute approximate surface area is 81.6 Å². The molecule has 0 aliphatic heterocycles. The van der Waals surface area contributed by atoms with Gasteiger partial charge in [0.25, 0.3) is 0 Å². The third kappa shape index (κ3) is 1.94. The summed E-state index contributed by atoms with van der Waals surface area (Å²) in [6.45, 7) is 1.07. The SMILES string of the molecule is NCc1cnc(Cn2cccn2)nc1. The van der Waals surface area contributed by atoms with Crippen molar-refractivity contribution in [2.75, 3.05) is 0 Å². The summed E-state index contributed by atoms with van der Waals surface area (Å²) in [6.07, 6.45) is 7.09. The molecule has 0 atom stereocenters. The van der Waals surface area contributed by atoms with E-state index in [-0.39, 0.29) is 0 Å². The van der Waals surface area contributed by atoms with Gasteiger partial charge in [0, 0.05) is 36.9 Å². The van der Waals surface area contributed by atoms with Gasteiger partial charge in [-0.2, -0.15) is 5.10 Å². The highest BCUT2D eigenvalue weighted by Gasteiger charge is 1.97. The number of nitrogens with two attached hydrogens (primary N) is 1. The van der Waals surface area contributed by atoms with Gasteiger partial charge in [-0.25, -0.2) is 9.97 Å². The maximum atomic E-state index is 5.44. The monoisotopic (exact) mass is 189 g/mol. The van der Waals surface area contributed by atoms with Crippen molar-refractivity contribution in [3.8, 4) is 0 Å². The van der Waals surface area contributed by atoms with Crippen LogP contribution in [-0.4, -0.2) is 19.7 Å². The number of nitrogens with zero attached hydrogens (tertiary/aromatic N) is 4. The molecule has 0 saturated carbocycles. The van der Waals surface area contributed by atoms with Crippen molar-refractivity contribution in [1.82, 2.24) is 19.7 Å². The summed E-state index contributed by atoms with van der Waals surface area (Å²) in [6, 6.07) is 1.87. The quantitative estimate of drug-likeness (QED) is 0.747. The third-order valence-electron chi connectivity index (χ3n) is 1.86. The predicted octanol–water partition coefficient (Wildman–Crippen LogP) is 0.180. The van der Waals surface area contributed by atoms with E-state index in [0.29, 0.717) is 13.1 Å². The summed E-state index contributed by atoms with van der Waals surface area (Å²) in [4.78, 5) is 8.34. The molecule has 0 radical (unpaired) electrons. The number of hydrogen-bond acceptors (Lipinski definition) is 4. The molecule has 0 bridgehead atoms. The van der Waals surface area contributed by atoms with E-state index in [9.17, 15) is 0 Å². The highest BCUT2D eigenvalue weighted by Crippen LogP contribution is 1.96. The Morgan fingerprint density at radius 1 is 1.29 bits per heavy atom. The van der Waals surface area contributed by atoms with Crippen LogP contribution in [0.5, 0.6) is 0 Å². The molecule has 0 aromatic carbocycles. The second-order valence-electron chi connectivity index (χ2n) is 2.92. The molecule has 2 aromatic heterocycles. The van der Waals surface area contributed by atoms with E-state index in [1.165, 1.54) is 0 Å². The summed E-state index contributed by atoms with van der Waals surface area (Å²) in [7, 11) is 0. The molecule has 0 aliphatic rings. The van der Waals surface area contributed by atoms with Crippen LogP contribution in [0.1, 0.15) is 11.4 Å². The third-order valence-corrected chi connectivity index (χ3v) is 1.86. The first-order valence-electron chi connectivity index (χ1n) is 4.36. The molecular weight excluding hydrogens is 178 g/mol. The Kier molecular flexibility index (Phi) is 2.51. The largest absolute Gasteiger partial charge is 0.326 e. The smallest absolute Gasteiger partial charge is 0.149 e. The Bertz CT molecular complexity index is 378. The molecule has 14 heavy (non-hydrogen) atoms. The lowest BCUT2D eigenvalue weighted by Gasteiger charge is -2.00. The maximum Gasteiger partial charge on any atom is 0.149 e. The fourth-order valence-corrected chi connectivity index (χ4v) is 1.11. The zero-order valence-corrected chi connectivity index (χ0v) is 7.67. The van der Waals surface area contributed by atoms with E-state index in [4.69, 9.17) is 5.73 Å².